The summed E-state index contributed by atoms with van der Waals surface area (Å²) in [6.45, 7) is 2.50. The van der Waals surface area contributed by atoms with Crippen molar-refractivity contribution in [2.45, 2.75) is 12.5 Å². The van der Waals surface area contributed by atoms with Gasteiger partial charge in [0, 0.05) is 19.6 Å². The van der Waals surface area contributed by atoms with E-state index in [0.717, 1.165) is 13.0 Å². The predicted octanol–water partition coefficient (Wildman–Crippen LogP) is -1.69. The van der Waals surface area contributed by atoms with Crippen LogP contribution in [0, 0.1) is 0 Å². The average Bonchev–Trinajstić information content (AvgIpc) is 2.52. The number of piperazine rings is 1. The maximum absolute atomic E-state index is 11.4. The van der Waals surface area contributed by atoms with Gasteiger partial charge in [-0.15, -0.1) is 0 Å². The van der Waals surface area contributed by atoms with Gasteiger partial charge in [-0.05, 0) is 6.42 Å². The Morgan fingerprint density at radius 1 is 1.31 bits per heavy atom. The number of amides is 2. The van der Waals surface area contributed by atoms with Crippen LogP contribution in [-0.4, -0.2) is 48.9 Å². The van der Waals surface area contributed by atoms with E-state index in [-0.39, 0.29) is 17.9 Å². The number of nitrogens with zero attached hydrogens (tertiary/aromatic N) is 1. The summed E-state index contributed by atoms with van der Waals surface area (Å²) in [7, 11) is 0. The Kier molecular flexibility index (Phi) is 2.18. The highest BCUT2D eigenvalue weighted by molar-refractivity contribution is 5.90. The molecule has 1 unspecified atom stereocenters. The van der Waals surface area contributed by atoms with Crippen LogP contribution in [0.2, 0.25) is 0 Å². The van der Waals surface area contributed by atoms with Crippen molar-refractivity contribution in [1.29, 1.82) is 0 Å². The van der Waals surface area contributed by atoms with Crippen LogP contribution < -0.4 is 10.6 Å². The van der Waals surface area contributed by atoms with Crippen LogP contribution in [0.3, 0.4) is 0 Å². The van der Waals surface area contributed by atoms with E-state index in [2.05, 4.69) is 10.6 Å². The van der Waals surface area contributed by atoms with Crippen molar-refractivity contribution in [3.63, 3.8) is 0 Å². The fraction of sp³-hybridized carbons (Fsp3) is 0.750. The first-order valence-corrected chi connectivity index (χ1v) is 4.57. The summed E-state index contributed by atoms with van der Waals surface area (Å²) in [5.74, 6) is 0.0311. The molecule has 0 aromatic carbocycles. The zero-order valence-electron chi connectivity index (χ0n) is 7.38. The molecule has 2 heterocycles. The van der Waals surface area contributed by atoms with E-state index in [9.17, 15) is 9.59 Å². The maximum atomic E-state index is 11.4. The number of carbonyl (C=O) groups is 2. The molecular formula is C8H13N3O2. The second-order valence-corrected chi connectivity index (χ2v) is 3.36. The Morgan fingerprint density at radius 3 is 2.77 bits per heavy atom. The monoisotopic (exact) mass is 183 g/mol. The largest absolute Gasteiger partial charge is 0.354 e. The summed E-state index contributed by atoms with van der Waals surface area (Å²) in [6, 6.07) is -0.213. The Hall–Kier alpha value is -1.10. The fourth-order valence-corrected chi connectivity index (χ4v) is 1.83. The highest BCUT2D eigenvalue weighted by Gasteiger charge is 2.33. The average molecular weight is 183 g/mol. The van der Waals surface area contributed by atoms with Crippen LogP contribution in [0.1, 0.15) is 6.42 Å². The molecule has 2 aliphatic heterocycles. The topological polar surface area (TPSA) is 61.4 Å². The number of rotatable bonds is 1. The standard InChI is InChI=1S/C8H13N3O2/c12-7-5-9-3-4-11(7)6-1-2-10-8(6)13/h6,9H,1-5H2,(H,10,13). The van der Waals surface area contributed by atoms with E-state index in [1.54, 1.807) is 4.90 Å². The molecule has 1 atom stereocenters. The lowest BCUT2D eigenvalue weighted by Gasteiger charge is -2.30. The van der Waals surface area contributed by atoms with Gasteiger partial charge in [-0.2, -0.15) is 0 Å². The van der Waals surface area contributed by atoms with Crippen LogP contribution in [0.25, 0.3) is 0 Å². The first kappa shape index (κ1) is 8.50. The molecule has 0 saturated carbocycles. The number of carbonyl (C=O) groups excluding carboxylic acids is 2. The van der Waals surface area contributed by atoms with Gasteiger partial charge < -0.3 is 15.5 Å². The molecule has 5 heteroatoms. The molecule has 0 spiro atoms. The van der Waals surface area contributed by atoms with Crippen molar-refractivity contribution < 1.29 is 9.59 Å². The third-order valence-electron chi connectivity index (χ3n) is 2.52. The maximum Gasteiger partial charge on any atom is 0.242 e. The van der Waals surface area contributed by atoms with E-state index in [1.165, 1.54) is 0 Å². The summed E-state index contributed by atoms with van der Waals surface area (Å²) in [6.07, 6.45) is 0.755. The van der Waals surface area contributed by atoms with Gasteiger partial charge in [0.15, 0.2) is 0 Å². The SMILES string of the molecule is O=C1NCCC1N1CCNCC1=O. The highest BCUT2D eigenvalue weighted by atomic mass is 16.2. The predicted molar refractivity (Wildman–Crippen MR) is 46.0 cm³/mol. The zero-order chi connectivity index (χ0) is 9.26. The minimum Gasteiger partial charge on any atom is -0.354 e. The summed E-state index contributed by atoms with van der Waals surface area (Å²) in [5, 5.41) is 5.71. The van der Waals surface area contributed by atoms with Crippen molar-refractivity contribution in [2.24, 2.45) is 0 Å². The third kappa shape index (κ3) is 1.51. The molecule has 2 rings (SSSR count). The molecule has 2 saturated heterocycles. The molecule has 2 aliphatic rings. The van der Waals surface area contributed by atoms with Gasteiger partial charge >= 0.3 is 0 Å². The lowest BCUT2D eigenvalue weighted by Crippen LogP contribution is -2.54. The van der Waals surface area contributed by atoms with Gasteiger partial charge in [0.1, 0.15) is 6.04 Å². The van der Waals surface area contributed by atoms with Crippen molar-refractivity contribution in [2.75, 3.05) is 26.2 Å². The molecule has 0 aromatic heterocycles. The highest BCUT2D eigenvalue weighted by Crippen LogP contribution is 2.10. The van der Waals surface area contributed by atoms with Crippen molar-refractivity contribution in [3.05, 3.63) is 0 Å². The Bertz CT molecular complexity index is 242. The summed E-state index contributed by atoms with van der Waals surface area (Å²) in [4.78, 5) is 24.4. The van der Waals surface area contributed by atoms with Gasteiger partial charge in [0.05, 0.1) is 6.54 Å². The molecule has 0 aromatic rings. The minimum atomic E-state index is -0.213. The van der Waals surface area contributed by atoms with Crippen LogP contribution in [0.15, 0.2) is 0 Å². The lowest BCUT2D eigenvalue weighted by atomic mass is 10.2. The summed E-state index contributed by atoms with van der Waals surface area (Å²) >= 11 is 0. The number of nitrogens with one attached hydrogen (secondary N) is 2. The first-order valence-electron chi connectivity index (χ1n) is 4.57. The van der Waals surface area contributed by atoms with Gasteiger partial charge in [-0.1, -0.05) is 0 Å². The molecule has 0 aliphatic carbocycles. The number of hydrogen-bond acceptors (Lipinski definition) is 3. The van der Waals surface area contributed by atoms with Crippen LogP contribution in [0.5, 0.6) is 0 Å². The fourth-order valence-electron chi connectivity index (χ4n) is 1.83. The minimum absolute atomic E-state index is 0.00440. The number of hydrogen-bond donors (Lipinski definition) is 2. The van der Waals surface area contributed by atoms with Gasteiger partial charge in [0.2, 0.25) is 11.8 Å². The van der Waals surface area contributed by atoms with Crippen molar-refractivity contribution >= 4 is 11.8 Å². The summed E-state index contributed by atoms with van der Waals surface area (Å²) < 4.78 is 0. The third-order valence-corrected chi connectivity index (χ3v) is 2.52. The van der Waals surface area contributed by atoms with Gasteiger partial charge in [-0.3, -0.25) is 9.59 Å². The van der Waals surface area contributed by atoms with Crippen LogP contribution in [0.4, 0.5) is 0 Å². The van der Waals surface area contributed by atoms with Crippen molar-refractivity contribution in [3.8, 4) is 0 Å². The van der Waals surface area contributed by atoms with E-state index in [4.69, 9.17) is 0 Å². The molecule has 5 nitrogen and oxygen atoms in total. The molecule has 72 valence electrons. The van der Waals surface area contributed by atoms with Gasteiger partial charge in [-0.25, -0.2) is 0 Å². The molecular weight excluding hydrogens is 170 g/mol. The molecule has 2 amide bonds. The van der Waals surface area contributed by atoms with Crippen molar-refractivity contribution in [1.82, 2.24) is 15.5 Å². The second-order valence-electron chi connectivity index (χ2n) is 3.36. The molecule has 2 fully saturated rings. The second kappa shape index (κ2) is 3.33. The lowest BCUT2D eigenvalue weighted by molar-refractivity contribution is -0.139. The smallest absolute Gasteiger partial charge is 0.242 e. The molecule has 2 N–H and O–H groups in total. The first-order chi connectivity index (χ1) is 6.29. The van der Waals surface area contributed by atoms with E-state index in [1.807, 2.05) is 0 Å². The van der Waals surface area contributed by atoms with E-state index in [0.29, 0.717) is 19.6 Å². The quantitative estimate of drug-likeness (QED) is 0.510. The Balaban J connectivity index is 2.05. The molecule has 0 radical (unpaired) electrons. The van der Waals surface area contributed by atoms with Crippen LogP contribution in [-0.2, 0) is 9.59 Å². The van der Waals surface area contributed by atoms with E-state index < -0.39 is 0 Å². The normalized spacial score (nSPS) is 29.2. The summed E-state index contributed by atoms with van der Waals surface area (Å²) in [5.41, 5.74) is 0. The zero-order valence-corrected chi connectivity index (χ0v) is 7.38. The Labute approximate surface area is 76.5 Å². The molecule has 13 heavy (non-hydrogen) atoms. The van der Waals surface area contributed by atoms with Crippen LogP contribution >= 0.6 is 0 Å². The Morgan fingerprint density at radius 2 is 2.15 bits per heavy atom. The molecule has 0 bridgehead atoms. The van der Waals surface area contributed by atoms with Gasteiger partial charge in [0.25, 0.3) is 0 Å². The van der Waals surface area contributed by atoms with E-state index >= 15 is 0 Å².